The molecule has 0 bridgehead atoms. The van der Waals surface area contributed by atoms with E-state index < -0.39 is 0 Å². The van der Waals surface area contributed by atoms with Crippen LogP contribution in [0.5, 0.6) is 11.5 Å². The van der Waals surface area contributed by atoms with Gasteiger partial charge in [0.15, 0.2) is 5.75 Å². The highest BCUT2D eigenvalue weighted by Gasteiger charge is 2.23. The van der Waals surface area contributed by atoms with E-state index in [4.69, 9.17) is 22.1 Å². The summed E-state index contributed by atoms with van der Waals surface area (Å²) in [5.74, 6) is 0.730. The Morgan fingerprint density at radius 1 is 0.826 bits per heavy atom. The Labute approximate surface area is 281 Å². The standard InChI is InChI=1S/C38H36ClN3O3.ClH/c1-27(29-10-4-2-5-11-29)23-37(43)41-21-22-42(38(44)32-17-15-31(16-18-32)30-12-6-3-7-13-30)35-20-19-33(39)25-36(35)45-34-14-8-9-28(24-34)26-40;/h2-20,24-25,27H,21-23,26,40H2,1H3,(H,41,43);1H. The van der Waals surface area contributed by atoms with E-state index in [9.17, 15) is 9.59 Å². The minimum atomic E-state index is -0.232. The summed E-state index contributed by atoms with van der Waals surface area (Å²) in [4.78, 5) is 28.7. The average molecular weight is 655 g/mol. The van der Waals surface area contributed by atoms with E-state index in [1.165, 1.54) is 0 Å². The number of carbonyl (C=O) groups is 2. The first kappa shape index (κ1) is 34.3. The molecule has 5 aromatic rings. The molecular weight excluding hydrogens is 617 g/mol. The molecule has 0 aliphatic carbocycles. The summed E-state index contributed by atoms with van der Waals surface area (Å²) >= 11 is 6.40. The van der Waals surface area contributed by atoms with Crippen LogP contribution in [-0.4, -0.2) is 24.9 Å². The van der Waals surface area contributed by atoms with Crippen molar-refractivity contribution in [3.8, 4) is 22.6 Å². The van der Waals surface area contributed by atoms with E-state index in [1.54, 1.807) is 23.1 Å². The lowest BCUT2D eigenvalue weighted by molar-refractivity contribution is -0.121. The van der Waals surface area contributed by atoms with Gasteiger partial charge in [-0.3, -0.25) is 9.59 Å². The highest BCUT2D eigenvalue weighted by atomic mass is 35.5. The molecule has 5 aromatic carbocycles. The zero-order valence-electron chi connectivity index (χ0n) is 25.6. The maximum atomic E-state index is 14.1. The van der Waals surface area contributed by atoms with Crippen LogP contribution in [-0.2, 0) is 11.3 Å². The zero-order valence-corrected chi connectivity index (χ0v) is 27.1. The van der Waals surface area contributed by atoms with Crippen molar-refractivity contribution >= 4 is 41.5 Å². The van der Waals surface area contributed by atoms with Gasteiger partial charge < -0.3 is 20.7 Å². The second kappa shape index (κ2) is 16.6. The van der Waals surface area contributed by atoms with Crippen LogP contribution >= 0.6 is 24.0 Å². The molecule has 1 unspecified atom stereocenters. The molecule has 0 aliphatic rings. The first-order chi connectivity index (χ1) is 21.9. The summed E-state index contributed by atoms with van der Waals surface area (Å²) < 4.78 is 6.28. The molecule has 236 valence electrons. The van der Waals surface area contributed by atoms with E-state index in [1.807, 2.05) is 116 Å². The largest absolute Gasteiger partial charge is 0.455 e. The van der Waals surface area contributed by atoms with E-state index in [0.717, 1.165) is 22.3 Å². The molecule has 0 saturated heterocycles. The van der Waals surface area contributed by atoms with Crippen molar-refractivity contribution in [3.63, 3.8) is 0 Å². The van der Waals surface area contributed by atoms with Crippen molar-refractivity contribution in [3.05, 3.63) is 149 Å². The van der Waals surface area contributed by atoms with Crippen LogP contribution in [0.2, 0.25) is 5.02 Å². The lowest BCUT2D eigenvalue weighted by Crippen LogP contribution is -2.39. The summed E-state index contributed by atoms with van der Waals surface area (Å²) in [6, 6.07) is 40.1. The van der Waals surface area contributed by atoms with Gasteiger partial charge in [-0.2, -0.15) is 0 Å². The van der Waals surface area contributed by atoms with Crippen LogP contribution < -0.4 is 20.7 Å². The summed E-state index contributed by atoms with van der Waals surface area (Å²) in [5.41, 5.74) is 11.0. The van der Waals surface area contributed by atoms with Crippen LogP contribution in [0, 0.1) is 0 Å². The Morgan fingerprint density at radius 2 is 1.50 bits per heavy atom. The molecule has 0 fully saturated rings. The minimum absolute atomic E-state index is 0. The fraction of sp³-hybridized carbons (Fsp3) is 0.158. The molecule has 1 atom stereocenters. The van der Waals surface area contributed by atoms with Gasteiger partial charge in [0.1, 0.15) is 5.75 Å². The number of halogens is 2. The van der Waals surface area contributed by atoms with Crippen molar-refractivity contribution < 1.29 is 14.3 Å². The number of nitrogens with two attached hydrogens (primary N) is 1. The highest BCUT2D eigenvalue weighted by Crippen LogP contribution is 2.36. The normalized spacial score (nSPS) is 11.2. The van der Waals surface area contributed by atoms with Gasteiger partial charge in [0, 0.05) is 42.7 Å². The number of hydrogen-bond acceptors (Lipinski definition) is 4. The topological polar surface area (TPSA) is 84.7 Å². The number of anilines is 1. The third-order valence-corrected chi connectivity index (χ3v) is 7.81. The number of carbonyl (C=O) groups excluding carboxylic acids is 2. The van der Waals surface area contributed by atoms with Crippen LogP contribution in [0.15, 0.2) is 127 Å². The van der Waals surface area contributed by atoms with Crippen LogP contribution in [0.1, 0.15) is 40.7 Å². The molecule has 0 saturated carbocycles. The van der Waals surface area contributed by atoms with E-state index in [-0.39, 0.29) is 43.2 Å². The fourth-order valence-corrected chi connectivity index (χ4v) is 5.30. The number of rotatable bonds is 12. The SMILES string of the molecule is CC(CC(=O)NCCN(C(=O)c1ccc(-c2ccccc2)cc1)c1ccc(Cl)cc1Oc1cccc(CN)c1)c1ccccc1.Cl. The second-order valence-corrected chi connectivity index (χ2v) is 11.3. The van der Waals surface area contributed by atoms with Crippen LogP contribution in [0.3, 0.4) is 0 Å². The van der Waals surface area contributed by atoms with Gasteiger partial charge in [0.05, 0.1) is 5.69 Å². The molecule has 46 heavy (non-hydrogen) atoms. The maximum Gasteiger partial charge on any atom is 0.258 e. The lowest BCUT2D eigenvalue weighted by Gasteiger charge is -2.26. The van der Waals surface area contributed by atoms with Gasteiger partial charge in [-0.25, -0.2) is 0 Å². The first-order valence-electron chi connectivity index (χ1n) is 15.0. The van der Waals surface area contributed by atoms with Gasteiger partial charge in [-0.15, -0.1) is 12.4 Å². The molecular formula is C38H37Cl2N3O3. The predicted molar refractivity (Wildman–Crippen MR) is 189 cm³/mol. The smallest absolute Gasteiger partial charge is 0.258 e. The molecule has 0 radical (unpaired) electrons. The molecule has 0 aliphatic heterocycles. The van der Waals surface area contributed by atoms with Gasteiger partial charge >= 0.3 is 0 Å². The third kappa shape index (κ3) is 8.98. The molecule has 0 aromatic heterocycles. The van der Waals surface area contributed by atoms with Gasteiger partial charge in [-0.05, 0) is 64.6 Å². The van der Waals surface area contributed by atoms with Crippen LogP contribution in [0.4, 0.5) is 5.69 Å². The van der Waals surface area contributed by atoms with Crippen molar-refractivity contribution in [2.24, 2.45) is 5.73 Å². The quantitative estimate of drug-likeness (QED) is 0.141. The Morgan fingerprint density at radius 3 is 2.20 bits per heavy atom. The number of hydrogen-bond donors (Lipinski definition) is 2. The van der Waals surface area contributed by atoms with Crippen molar-refractivity contribution in [2.45, 2.75) is 25.8 Å². The Balaban J connectivity index is 0.00000480. The van der Waals surface area contributed by atoms with Crippen molar-refractivity contribution in [2.75, 3.05) is 18.0 Å². The highest BCUT2D eigenvalue weighted by molar-refractivity contribution is 6.30. The number of amides is 2. The second-order valence-electron chi connectivity index (χ2n) is 10.8. The number of ether oxygens (including phenoxy) is 1. The minimum Gasteiger partial charge on any atom is -0.455 e. The number of benzene rings is 5. The van der Waals surface area contributed by atoms with Crippen molar-refractivity contribution in [1.29, 1.82) is 0 Å². The zero-order chi connectivity index (χ0) is 31.6. The Bertz CT molecular complexity index is 1730. The van der Waals surface area contributed by atoms with Gasteiger partial charge in [0.25, 0.3) is 5.91 Å². The molecule has 0 spiro atoms. The van der Waals surface area contributed by atoms with Crippen molar-refractivity contribution in [1.82, 2.24) is 5.32 Å². The Kier molecular flexibility index (Phi) is 12.4. The third-order valence-electron chi connectivity index (χ3n) is 7.58. The van der Waals surface area contributed by atoms with E-state index in [2.05, 4.69) is 5.32 Å². The van der Waals surface area contributed by atoms with E-state index in [0.29, 0.717) is 40.7 Å². The number of nitrogens with one attached hydrogen (secondary N) is 1. The van der Waals surface area contributed by atoms with Gasteiger partial charge in [-0.1, -0.05) is 103 Å². The monoisotopic (exact) mass is 653 g/mol. The average Bonchev–Trinajstić information content (AvgIpc) is 3.08. The maximum absolute atomic E-state index is 14.1. The van der Waals surface area contributed by atoms with E-state index >= 15 is 0 Å². The summed E-state index contributed by atoms with van der Waals surface area (Å²) in [6.07, 6.45) is 0.339. The molecule has 0 heterocycles. The molecule has 8 heteroatoms. The summed E-state index contributed by atoms with van der Waals surface area (Å²) in [6.45, 7) is 2.86. The lowest BCUT2D eigenvalue weighted by atomic mass is 9.98. The first-order valence-corrected chi connectivity index (χ1v) is 15.3. The van der Waals surface area contributed by atoms with Gasteiger partial charge in [0.2, 0.25) is 5.91 Å². The molecule has 3 N–H and O–H groups in total. The molecule has 6 nitrogen and oxygen atoms in total. The van der Waals surface area contributed by atoms with Crippen LogP contribution in [0.25, 0.3) is 11.1 Å². The summed E-state index contributed by atoms with van der Waals surface area (Å²) in [5, 5.41) is 3.47. The summed E-state index contributed by atoms with van der Waals surface area (Å²) in [7, 11) is 0. The Hall–Kier alpha value is -4.62. The predicted octanol–water partition coefficient (Wildman–Crippen LogP) is 8.64. The number of nitrogens with zero attached hydrogens (tertiary/aromatic N) is 1. The molecule has 2 amide bonds. The molecule has 5 rings (SSSR count). The fourth-order valence-electron chi connectivity index (χ4n) is 5.14.